The number of rotatable bonds is 4. The third-order valence-corrected chi connectivity index (χ3v) is 3.10. The van der Waals surface area contributed by atoms with E-state index in [0.717, 1.165) is 0 Å². The van der Waals surface area contributed by atoms with Gasteiger partial charge < -0.3 is 5.11 Å². The highest BCUT2D eigenvalue weighted by Gasteiger charge is 2.06. The van der Waals surface area contributed by atoms with Crippen LogP contribution in [0.15, 0.2) is 47.6 Å². The molecule has 2 aromatic rings. The minimum atomic E-state index is -0.213. The third kappa shape index (κ3) is 3.46. The van der Waals surface area contributed by atoms with E-state index in [1.807, 2.05) is 0 Å². The molecule has 2 N–H and O–H groups in total. The molecule has 18 heavy (non-hydrogen) atoms. The second-order valence-corrected chi connectivity index (χ2v) is 4.39. The number of nitrogens with one attached hydrogen (secondary N) is 1. The zero-order chi connectivity index (χ0) is 12.8. The fourth-order valence-corrected chi connectivity index (χ4v) is 2.00. The Hall–Kier alpha value is -2.08. The maximum atomic E-state index is 11.6. The summed E-state index contributed by atoms with van der Waals surface area (Å²) in [4.78, 5) is 20.1. The smallest absolute Gasteiger partial charge is 0.237 e. The molecule has 2 rings (SSSR count). The van der Waals surface area contributed by atoms with E-state index in [-0.39, 0.29) is 23.4 Å². The maximum absolute atomic E-state index is 11.6. The zero-order valence-electron chi connectivity index (χ0n) is 9.41. The number of carbonyl (C=O) groups is 1. The molecule has 92 valence electrons. The van der Waals surface area contributed by atoms with Crippen LogP contribution in [0.5, 0.6) is 5.75 Å². The summed E-state index contributed by atoms with van der Waals surface area (Å²) in [6.45, 7) is 0. The first kappa shape index (κ1) is 12.4. The first-order valence-corrected chi connectivity index (χ1v) is 6.22. The molecule has 0 unspecified atom stereocenters. The molecule has 0 aliphatic carbocycles. The summed E-state index contributed by atoms with van der Waals surface area (Å²) in [5, 5.41) is 12.1. The molecule has 0 bridgehead atoms. The number of aromatic hydroxyl groups is 1. The molecule has 1 amide bonds. The van der Waals surface area contributed by atoms with Crippen LogP contribution in [-0.2, 0) is 4.79 Å². The molecule has 0 saturated heterocycles. The summed E-state index contributed by atoms with van der Waals surface area (Å²) in [5.74, 6) is 0.427. The van der Waals surface area contributed by atoms with Crippen molar-refractivity contribution in [2.45, 2.75) is 4.90 Å². The van der Waals surface area contributed by atoms with Crippen molar-refractivity contribution in [1.82, 2.24) is 9.97 Å². The molecule has 0 spiro atoms. The number of nitrogens with zero attached hydrogens (tertiary/aromatic N) is 2. The third-order valence-electron chi connectivity index (χ3n) is 2.04. The van der Waals surface area contributed by atoms with Crippen molar-refractivity contribution in [3.05, 3.63) is 42.7 Å². The second kappa shape index (κ2) is 6.02. The minimum Gasteiger partial charge on any atom is -0.507 e. The monoisotopic (exact) mass is 261 g/mol. The Morgan fingerprint density at radius 2 is 1.94 bits per heavy atom. The number of para-hydroxylation sites is 1. The first-order chi connectivity index (χ1) is 8.75. The molecule has 0 atom stereocenters. The fraction of sp³-hybridized carbons (Fsp3) is 0.0833. The Bertz CT molecular complexity index is 534. The molecule has 0 radical (unpaired) electrons. The van der Waals surface area contributed by atoms with Crippen molar-refractivity contribution in [1.29, 1.82) is 0 Å². The Kier molecular flexibility index (Phi) is 4.14. The highest BCUT2D eigenvalue weighted by atomic mass is 32.2. The Morgan fingerprint density at radius 1 is 1.22 bits per heavy atom. The number of phenolic OH excluding ortho intramolecular Hbond substituents is 1. The van der Waals surface area contributed by atoms with E-state index in [0.29, 0.717) is 4.90 Å². The number of anilines is 1. The van der Waals surface area contributed by atoms with Gasteiger partial charge in [0.15, 0.2) is 0 Å². The Morgan fingerprint density at radius 3 is 2.67 bits per heavy atom. The normalized spacial score (nSPS) is 10.0. The van der Waals surface area contributed by atoms with Gasteiger partial charge in [-0.15, -0.1) is 11.8 Å². The lowest BCUT2D eigenvalue weighted by molar-refractivity contribution is -0.113. The SMILES string of the molecule is O=C(CSc1ccccc1O)Nc1ncccn1. The number of carbonyl (C=O) groups excluding carboxylic acids is 1. The van der Waals surface area contributed by atoms with E-state index < -0.39 is 0 Å². The quantitative estimate of drug-likeness (QED) is 0.822. The summed E-state index contributed by atoms with van der Waals surface area (Å²) in [5.41, 5.74) is 0. The molecule has 0 fully saturated rings. The fourth-order valence-electron chi connectivity index (χ4n) is 1.25. The van der Waals surface area contributed by atoms with E-state index in [9.17, 15) is 9.90 Å². The Labute approximate surface area is 108 Å². The number of hydrogen-bond acceptors (Lipinski definition) is 5. The Balaban J connectivity index is 1.88. The van der Waals surface area contributed by atoms with Crippen LogP contribution < -0.4 is 5.32 Å². The predicted molar refractivity (Wildman–Crippen MR) is 69.5 cm³/mol. The minimum absolute atomic E-state index is 0.172. The largest absolute Gasteiger partial charge is 0.507 e. The number of amides is 1. The van der Waals surface area contributed by atoms with Crippen molar-refractivity contribution in [2.24, 2.45) is 0 Å². The number of thioether (sulfide) groups is 1. The van der Waals surface area contributed by atoms with Gasteiger partial charge in [-0.3, -0.25) is 10.1 Å². The van der Waals surface area contributed by atoms with Crippen LogP contribution in [0, 0.1) is 0 Å². The van der Waals surface area contributed by atoms with Crippen LogP contribution in [0.2, 0.25) is 0 Å². The van der Waals surface area contributed by atoms with Gasteiger partial charge >= 0.3 is 0 Å². The lowest BCUT2D eigenvalue weighted by atomic mass is 10.3. The summed E-state index contributed by atoms with van der Waals surface area (Å²) in [6.07, 6.45) is 3.11. The van der Waals surface area contributed by atoms with Crippen LogP contribution in [0.3, 0.4) is 0 Å². The first-order valence-electron chi connectivity index (χ1n) is 5.23. The predicted octanol–water partition coefficient (Wildman–Crippen LogP) is 1.91. The van der Waals surface area contributed by atoms with Gasteiger partial charge in [-0.25, -0.2) is 9.97 Å². The highest BCUT2D eigenvalue weighted by molar-refractivity contribution is 8.00. The van der Waals surface area contributed by atoms with E-state index in [1.165, 1.54) is 11.8 Å². The van der Waals surface area contributed by atoms with E-state index in [1.54, 1.807) is 42.7 Å². The average molecular weight is 261 g/mol. The molecular formula is C12H11N3O2S. The molecule has 1 heterocycles. The number of aromatic nitrogens is 2. The van der Waals surface area contributed by atoms with Crippen molar-refractivity contribution in [2.75, 3.05) is 11.1 Å². The topological polar surface area (TPSA) is 75.1 Å². The van der Waals surface area contributed by atoms with E-state index in [2.05, 4.69) is 15.3 Å². The van der Waals surface area contributed by atoms with E-state index >= 15 is 0 Å². The molecule has 6 heteroatoms. The molecule has 0 aliphatic rings. The summed E-state index contributed by atoms with van der Waals surface area (Å²) >= 11 is 1.26. The lowest BCUT2D eigenvalue weighted by Gasteiger charge is -2.04. The van der Waals surface area contributed by atoms with E-state index in [4.69, 9.17) is 0 Å². The van der Waals surface area contributed by atoms with Gasteiger partial charge in [0.2, 0.25) is 11.9 Å². The molecule has 0 aliphatic heterocycles. The van der Waals surface area contributed by atoms with Crippen LogP contribution in [0.4, 0.5) is 5.95 Å². The van der Waals surface area contributed by atoms with Crippen molar-refractivity contribution in [3.8, 4) is 5.75 Å². The number of hydrogen-bond donors (Lipinski definition) is 2. The van der Waals surface area contributed by atoms with Crippen LogP contribution in [0.1, 0.15) is 0 Å². The van der Waals surface area contributed by atoms with Gasteiger partial charge in [0.1, 0.15) is 5.75 Å². The standard InChI is InChI=1S/C12H11N3O2S/c16-9-4-1-2-5-10(9)18-8-11(17)15-12-13-6-3-7-14-12/h1-7,16H,8H2,(H,13,14,15,17). The average Bonchev–Trinajstić information content (AvgIpc) is 2.39. The van der Waals surface area contributed by atoms with Crippen LogP contribution in [-0.4, -0.2) is 26.7 Å². The van der Waals surface area contributed by atoms with Crippen LogP contribution in [0.25, 0.3) is 0 Å². The van der Waals surface area contributed by atoms with Crippen molar-refractivity contribution < 1.29 is 9.90 Å². The molecular weight excluding hydrogens is 250 g/mol. The zero-order valence-corrected chi connectivity index (χ0v) is 10.2. The second-order valence-electron chi connectivity index (χ2n) is 3.38. The molecule has 5 nitrogen and oxygen atoms in total. The van der Waals surface area contributed by atoms with Gasteiger partial charge in [0.05, 0.1) is 5.75 Å². The van der Waals surface area contributed by atoms with Gasteiger partial charge in [-0.2, -0.15) is 0 Å². The molecule has 1 aromatic heterocycles. The summed E-state index contributed by atoms with van der Waals surface area (Å²) in [7, 11) is 0. The highest BCUT2D eigenvalue weighted by Crippen LogP contribution is 2.27. The number of benzene rings is 1. The van der Waals surface area contributed by atoms with Gasteiger partial charge in [0.25, 0.3) is 0 Å². The number of phenols is 1. The van der Waals surface area contributed by atoms with Crippen molar-refractivity contribution in [3.63, 3.8) is 0 Å². The maximum Gasteiger partial charge on any atom is 0.237 e. The van der Waals surface area contributed by atoms with Crippen LogP contribution >= 0.6 is 11.8 Å². The lowest BCUT2D eigenvalue weighted by Crippen LogP contribution is -2.15. The summed E-state index contributed by atoms with van der Waals surface area (Å²) in [6, 6.07) is 8.55. The molecule has 0 saturated carbocycles. The van der Waals surface area contributed by atoms with Gasteiger partial charge in [-0.1, -0.05) is 12.1 Å². The van der Waals surface area contributed by atoms with Gasteiger partial charge in [0, 0.05) is 17.3 Å². The summed E-state index contributed by atoms with van der Waals surface area (Å²) < 4.78 is 0. The van der Waals surface area contributed by atoms with Gasteiger partial charge in [-0.05, 0) is 18.2 Å². The molecule has 1 aromatic carbocycles. The van der Waals surface area contributed by atoms with Crippen molar-refractivity contribution >= 4 is 23.6 Å².